The van der Waals surface area contributed by atoms with Gasteiger partial charge in [-0.2, -0.15) is 0 Å². The molecular weight excluding hydrogens is 196 g/mol. The minimum absolute atomic E-state index is 0.0381. The molecule has 0 unspecified atom stereocenters. The number of amides is 1. The van der Waals surface area contributed by atoms with Crippen LogP contribution in [-0.2, 0) is 9.59 Å². The second-order valence-corrected chi connectivity index (χ2v) is 4.07. The van der Waals surface area contributed by atoms with E-state index in [1.807, 2.05) is 0 Å². The molecule has 0 aromatic heterocycles. The summed E-state index contributed by atoms with van der Waals surface area (Å²) in [4.78, 5) is 25.3. The van der Waals surface area contributed by atoms with Crippen LogP contribution in [0.15, 0.2) is 0 Å². The van der Waals surface area contributed by atoms with Crippen LogP contribution in [0.3, 0.4) is 0 Å². The van der Waals surface area contributed by atoms with E-state index in [4.69, 9.17) is 5.11 Å². The largest absolute Gasteiger partial charge is 0.480 e. The van der Waals surface area contributed by atoms with Crippen molar-refractivity contribution in [2.24, 2.45) is 0 Å². The van der Waals surface area contributed by atoms with E-state index in [1.165, 1.54) is 0 Å². The van der Waals surface area contributed by atoms with E-state index < -0.39 is 5.97 Å². The van der Waals surface area contributed by atoms with Crippen molar-refractivity contribution in [3.8, 4) is 0 Å². The van der Waals surface area contributed by atoms with Gasteiger partial charge in [0, 0.05) is 26.1 Å². The van der Waals surface area contributed by atoms with Gasteiger partial charge in [-0.1, -0.05) is 0 Å². The fraction of sp³-hybridized carbons (Fsp3) is 0.800. The monoisotopic (exact) mass is 214 g/mol. The molecule has 5 heteroatoms. The second-order valence-electron chi connectivity index (χ2n) is 4.07. The van der Waals surface area contributed by atoms with E-state index in [-0.39, 0.29) is 18.5 Å². The average Bonchev–Trinajstić information content (AvgIpc) is 2.17. The van der Waals surface area contributed by atoms with E-state index >= 15 is 0 Å². The lowest BCUT2D eigenvalue weighted by atomic mass is 10.0. The third-order valence-electron chi connectivity index (χ3n) is 2.85. The number of carboxylic acid groups (broad SMARTS) is 1. The third kappa shape index (κ3) is 3.51. The third-order valence-corrected chi connectivity index (χ3v) is 2.85. The number of aliphatic carboxylic acids is 1. The summed E-state index contributed by atoms with van der Waals surface area (Å²) in [5, 5.41) is 8.67. The Morgan fingerprint density at radius 1 is 1.53 bits per heavy atom. The lowest BCUT2D eigenvalue weighted by Gasteiger charge is -2.36. The van der Waals surface area contributed by atoms with Crippen molar-refractivity contribution in [2.75, 3.05) is 26.7 Å². The van der Waals surface area contributed by atoms with E-state index in [1.54, 1.807) is 23.8 Å². The first kappa shape index (κ1) is 12.0. The van der Waals surface area contributed by atoms with Gasteiger partial charge in [-0.05, 0) is 19.9 Å². The van der Waals surface area contributed by atoms with E-state index in [9.17, 15) is 9.59 Å². The van der Waals surface area contributed by atoms with Gasteiger partial charge in [-0.15, -0.1) is 0 Å². The predicted octanol–water partition coefficient (Wildman–Crippen LogP) is 0.0137. The van der Waals surface area contributed by atoms with Crippen LogP contribution in [0.1, 0.15) is 19.8 Å². The maximum atomic E-state index is 11.2. The molecule has 0 aromatic rings. The maximum absolute atomic E-state index is 11.2. The molecular formula is C10H18N2O3. The topological polar surface area (TPSA) is 60.9 Å². The number of hydrogen-bond acceptors (Lipinski definition) is 3. The van der Waals surface area contributed by atoms with Crippen LogP contribution in [0.5, 0.6) is 0 Å². The molecule has 0 saturated carbocycles. The van der Waals surface area contributed by atoms with Gasteiger partial charge in [-0.25, -0.2) is 0 Å². The summed E-state index contributed by atoms with van der Waals surface area (Å²) in [6, 6.07) is 0.179. The molecule has 0 radical (unpaired) electrons. The minimum atomic E-state index is -0.822. The Bertz CT molecular complexity index is 255. The van der Waals surface area contributed by atoms with Crippen molar-refractivity contribution in [3.63, 3.8) is 0 Å². The summed E-state index contributed by atoms with van der Waals surface area (Å²) < 4.78 is 0. The number of hydrogen-bond donors (Lipinski definition) is 1. The van der Waals surface area contributed by atoms with Gasteiger partial charge in [0.05, 0.1) is 6.54 Å². The van der Waals surface area contributed by atoms with Gasteiger partial charge < -0.3 is 10.0 Å². The van der Waals surface area contributed by atoms with E-state index in [2.05, 4.69) is 0 Å². The highest BCUT2D eigenvalue weighted by Gasteiger charge is 2.25. The van der Waals surface area contributed by atoms with Crippen LogP contribution in [0.25, 0.3) is 0 Å². The molecule has 1 fully saturated rings. The summed E-state index contributed by atoms with van der Waals surface area (Å²) in [6.45, 7) is 3.04. The Balaban J connectivity index is 2.48. The average molecular weight is 214 g/mol. The van der Waals surface area contributed by atoms with Crippen LogP contribution >= 0.6 is 0 Å². The SMILES string of the molecule is CC(=O)N1CCC[C@H](N(C)CC(=O)O)C1. The minimum Gasteiger partial charge on any atom is -0.480 e. The van der Waals surface area contributed by atoms with Crippen molar-refractivity contribution in [1.82, 2.24) is 9.80 Å². The first-order chi connectivity index (χ1) is 7.00. The molecule has 0 aromatic carbocycles. The summed E-state index contributed by atoms with van der Waals surface area (Å²) in [5.74, 6) is -0.749. The van der Waals surface area contributed by atoms with Gasteiger partial charge in [0.25, 0.3) is 0 Å². The molecule has 1 heterocycles. The van der Waals surface area contributed by atoms with Crippen molar-refractivity contribution in [3.05, 3.63) is 0 Å². The Morgan fingerprint density at radius 2 is 2.20 bits per heavy atom. The fourth-order valence-corrected chi connectivity index (χ4v) is 1.94. The number of rotatable bonds is 3. The normalized spacial score (nSPS) is 21.8. The molecule has 0 aliphatic carbocycles. The van der Waals surface area contributed by atoms with Gasteiger partial charge in [0.15, 0.2) is 0 Å². The molecule has 15 heavy (non-hydrogen) atoms. The Kier molecular flexibility index (Phi) is 4.08. The van der Waals surface area contributed by atoms with Gasteiger partial charge in [0.2, 0.25) is 5.91 Å². The zero-order valence-corrected chi connectivity index (χ0v) is 9.27. The highest BCUT2D eigenvalue weighted by Crippen LogP contribution is 2.14. The molecule has 1 aliphatic rings. The van der Waals surface area contributed by atoms with Crippen LogP contribution in [0.4, 0.5) is 0 Å². The van der Waals surface area contributed by atoms with E-state index in [0.717, 1.165) is 19.4 Å². The quantitative estimate of drug-likeness (QED) is 0.719. The molecule has 1 aliphatic heterocycles. The zero-order chi connectivity index (χ0) is 11.4. The molecule has 5 nitrogen and oxygen atoms in total. The van der Waals surface area contributed by atoms with Crippen molar-refractivity contribution >= 4 is 11.9 Å². The fourth-order valence-electron chi connectivity index (χ4n) is 1.94. The number of piperidine rings is 1. The number of likely N-dealkylation sites (N-methyl/N-ethyl adjacent to an activating group) is 1. The lowest BCUT2D eigenvalue weighted by molar-refractivity contribution is -0.139. The van der Waals surface area contributed by atoms with Crippen LogP contribution in [0, 0.1) is 0 Å². The molecule has 1 saturated heterocycles. The number of carbonyl (C=O) groups is 2. The molecule has 1 amide bonds. The van der Waals surface area contributed by atoms with Crippen LogP contribution in [0.2, 0.25) is 0 Å². The highest BCUT2D eigenvalue weighted by atomic mass is 16.4. The van der Waals surface area contributed by atoms with Crippen molar-refractivity contribution in [2.45, 2.75) is 25.8 Å². The Hall–Kier alpha value is -1.10. The van der Waals surface area contributed by atoms with Gasteiger partial charge >= 0.3 is 5.97 Å². The van der Waals surface area contributed by atoms with Crippen LogP contribution in [-0.4, -0.2) is 59.5 Å². The number of carbonyl (C=O) groups excluding carboxylic acids is 1. The molecule has 1 atom stereocenters. The predicted molar refractivity (Wildman–Crippen MR) is 55.5 cm³/mol. The zero-order valence-electron chi connectivity index (χ0n) is 9.27. The standard InChI is InChI=1S/C10H18N2O3/c1-8(13)12-5-3-4-9(6-12)11(2)7-10(14)15/h9H,3-7H2,1-2H3,(H,14,15)/t9-/m0/s1. The molecule has 1 N–H and O–H groups in total. The first-order valence-corrected chi connectivity index (χ1v) is 5.18. The van der Waals surface area contributed by atoms with Crippen molar-refractivity contribution in [1.29, 1.82) is 0 Å². The molecule has 0 spiro atoms. The van der Waals surface area contributed by atoms with Gasteiger partial charge in [-0.3, -0.25) is 14.5 Å². The second kappa shape index (κ2) is 5.11. The number of likely N-dealkylation sites (tertiary alicyclic amines) is 1. The Morgan fingerprint density at radius 3 is 2.73 bits per heavy atom. The van der Waals surface area contributed by atoms with E-state index in [0.29, 0.717) is 6.54 Å². The lowest BCUT2D eigenvalue weighted by Crippen LogP contribution is -2.49. The molecule has 1 rings (SSSR count). The number of nitrogens with zero attached hydrogens (tertiary/aromatic N) is 2. The molecule has 0 bridgehead atoms. The molecule has 86 valence electrons. The van der Waals surface area contributed by atoms with Crippen molar-refractivity contribution < 1.29 is 14.7 Å². The number of carboxylic acids is 1. The van der Waals surface area contributed by atoms with Crippen LogP contribution < -0.4 is 0 Å². The smallest absolute Gasteiger partial charge is 0.317 e. The summed E-state index contributed by atoms with van der Waals surface area (Å²) in [7, 11) is 1.79. The summed E-state index contributed by atoms with van der Waals surface area (Å²) in [5.41, 5.74) is 0. The van der Waals surface area contributed by atoms with Gasteiger partial charge in [0.1, 0.15) is 0 Å². The highest BCUT2D eigenvalue weighted by molar-refractivity contribution is 5.73. The summed E-state index contributed by atoms with van der Waals surface area (Å²) >= 11 is 0. The maximum Gasteiger partial charge on any atom is 0.317 e. The first-order valence-electron chi connectivity index (χ1n) is 5.18. The Labute approximate surface area is 89.7 Å². The summed E-state index contributed by atoms with van der Waals surface area (Å²) in [6.07, 6.45) is 1.92.